The number of aromatic nitrogens is 2. The SMILES string of the molecule is Cc1ccc(-n2nc(C(=O)N3CCNC[C@H]3C)c3c2CCCC3)cc1. The Labute approximate surface area is 149 Å². The van der Waals surface area contributed by atoms with E-state index in [9.17, 15) is 4.79 Å². The van der Waals surface area contributed by atoms with E-state index in [1.807, 2.05) is 9.58 Å². The van der Waals surface area contributed by atoms with Crippen LogP contribution in [-0.2, 0) is 12.8 Å². The molecular formula is C20H26N4O. The lowest BCUT2D eigenvalue weighted by Gasteiger charge is -2.33. The molecule has 0 spiro atoms. The number of hydrogen-bond donors (Lipinski definition) is 1. The Bertz CT molecular complexity index is 778. The summed E-state index contributed by atoms with van der Waals surface area (Å²) in [5, 5.41) is 8.16. The first kappa shape index (κ1) is 16.3. The maximum Gasteiger partial charge on any atom is 0.274 e. The topological polar surface area (TPSA) is 50.2 Å². The fourth-order valence-electron chi connectivity index (χ4n) is 3.95. The highest BCUT2D eigenvalue weighted by molar-refractivity contribution is 5.94. The number of amides is 1. The van der Waals surface area contributed by atoms with Crippen molar-refractivity contribution in [3.63, 3.8) is 0 Å². The summed E-state index contributed by atoms with van der Waals surface area (Å²) < 4.78 is 2.01. The number of piperazine rings is 1. The van der Waals surface area contributed by atoms with Gasteiger partial charge < -0.3 is 10.2 Å². The fourth-order valence-corrected chi connectivity index (χ4v) is 3.95. The molecule has 4 rings (SSSR count). The average molecular weight is 338 g/mol. The van der Waals surface area contributed by atoms with E-state index >= 15 is 0 Å². The summed E-state index contributed by atoms with van der Waals surface area (Å²) in [5.74, 6) is 0.0954. The van der Waals surface area contributed by atoms with E-state index in [-0.39, 0.29) is 11.9 Å². The lowest BCUT2D eigenvalue weighted by molar-refractivity contribution is 0.0648. The predicted molar refractivity (Wildman–Crippen MR) is 98.3 cm³/mol. The maximum atomic E-state index is 13.2. The van der Waals surface area contributed by atoms with Crippen LogP contribution < -0.4 is 5.32 Å². The molecule has 2 aliphatic rings. The molecule has 1 amide bonds. The number of aryl methyl sites for hydroxylation is 1. The van der Waals surface area contributed by atoms with Crippen LogP contribution in [0.2, 0.25) is 0 Å². The molecule has 1 N–H and O–H groups in total. The molecule has 1 fully saturated rings. The number of hydrogen-bond acceptors (Lipinski definition) is 3. The second kappa shape index (κ2) is 6.64. The Kier molecular flexibility index (Phi) is 4.34. The van der Waals surface area contributed by atoms with Crippen LogP contribution in [0.5, 0.6) is 0 Å². The molecule has 25 heavy (non-hydrogen) atoms. The average Bonchev–Trinajstić information content (AvgIpc) is 3.02. The van der Waals surface area contributed by atoms with Gasteiger partial charge in [0.15, 0.2) is 5.69 Å². The van der Waals surface area contributed by atoms with Gasteiger partial charge in [-0.15, -0.1) is 0 Å². The summed E-state index contributed by atoms with van der Waals surface area (Å²) in [4.78, 5) is 15.2. The van der Waals surface area contributed by atoms with Crippen molar-refractivity contribution < 1.29 is 4.79 Å². The summed E-state index contributed by atoms with van der Waals surface area (Å²) >= 11 is 0. The molecule has 1 saturated heterocycles. The van der Waals surface area contributed by atoms with Crippen molar-refractivity contribution in [1.29, 1.82) is 0 Å². The van der Waals surface area contributed by atoms with Gasteiger partial charge in [-0.25, -0.2) is 4.68 Å². The summed E-state index contributed by atoms with van der Waals surface area (Å²) in [5.41, 5.74) is 5.35. The van der Waals surface area contributed by atoms with Crippen LogP contribution in [0.15, 0.2) is 24.3 Å². The molecule has 0 radical (unpaired) electrons. The number of carbonyl (C=O) groups is 1. The fraction of sp³-hybridized carbons (Fsp3) is 0.500. The van der Waals surface area contributed by atoms with Crippen LogP contribution in [0, 0.1) is 6.92 Å². The molecule has 0 bridgehead atoms. The van der Waals surface area contributed by atoms with Gasteiger partial charge in [0, 0.05) is 36.9 Å². The van der Waals surface area contributed by atoms with Gasteiger partial charge in [0.1, 0.15) is 0 Å². The van der Waals surface area contributed by atoms with Gasteiger partial charge in [-0.2, -0.15) is 5.10 Å². The maximum absolute atomic E-state index is 13.2. The number of nitrogens with one attached hydrogen (secondary N) is 1. The Morgan fingerprint density at radius 3 is 2.72 bits per heavy atom. The monoisotopic (exact) mass is 338 g/mol. The van der Waals surface area contributed by atoms with E-state index in [2.05, 4.69) is 43.4 Å². The number of fused-ring (bicyclic) bond motifs is 1. The first-order valence-corrected chi connectivity index (χ1v) is 9.34. The number of rotatable bonds is 2. The zero-order valence-electron chi connectivity index (χ0n) is 15.1. The molecule has 0 unspecified atom stereocenters. The van der Waals surface area contributed by atoms with Gasteiger partial charge in [0.05, 0.1) is 5.69 Å². The molecule has 5 heteroatoms. The van der Waals surface area contributed by atoms with E-state index in [0.29, 0.717) is 5.69 Å². The molecule has 2 aromatic rings. The van der Waals surface area contributed by atoms with Gasteiger partial charge in [0.2, 0.25) is 0 Å². The van der Waals surface area contributed by atoms with Crippen LogP contribution in [0.25, 0.3) is 5.69 Å². The summed E-state index contributed by atoms with van der Waals surface area (Å²) in [6, 6.07) is 8.61. The van der Waals surface area contributed by atoms with Crippen molar-refractivity contribution in [1.82, 2.24) is 20.0 Å². The third kappa shape index (κ3) is 2.97. The van der Waals surface area contributed by atoms with Crippen LogP contribution in [-0.4, -0.2) is 46.3 Å². The van der Waals surface area contributed by atoms with E-state index < -0.39 is 0 Å². The lowest BCUT2D eigenvalue weighted by Crippen LogP contribution is -2.52. The third-order valence-electron chi connectivity index (χ3n) is 5.42. The van der Waals surface area contributed by atoms with Crippen molar-refractivity contribution in [2.45, 2.75) is 45.6 Å². The van der Waals surface area contributed by atoms with Crippen LogP contribution in [0.3, 0.4) is 0 Å². The van der Waals surface area contributed by atoms with E-state index in [4.69, 9.17) is 5.10 Å². The lowest BCUT2D eigenvalue weighted by atomic mass is 9.95. The second-order valence-electron chi connectivity index (χ2n) is 7.28. The van der Waals surface area contributed by atoms with E-state index in [1.165, 1.54) is 23.2 Å². The van der Waals surface area contributed by atoms with Gasteiger partial charge in [-0.3, -0.25) is 4.79 Å². The molecule has 1 aromatic heterocycles. The first-order chi connectivity index (χ1) is 12.1. The Balaban J connectivity index is 1.75. The zero-order chi connectivity index (χ0) is 17.4. The normalized spacial score (nSPS) is 20.4. The minimum Gasteiger partial charge on any atom is -0.332 e. The van der Waals surface area contributed by atoms with Crippen molar-refractivity contribution in [2.24, 2.45) is 0 Å². The molecule has 1 aromatic carbocycles. The Morgan fingerprint density at radius 2 is 1.96 bits per heavy atom. The van der Waals surface area contributed by atoms with E-state index in [0.717, 1.165) is 44.6 Å². The first-order valence-electron chi connectivity index (χ1n) is 9.34. The Hall–Kier alpha value is -2.14. The summed E-state index contributed by atoms with van der Waals surface area (Å²) in [6.07, 6.45) is 4.27. The van der Waals surface area contributed by atoms with Crippen LogP contribution in [0.4, 0.5) is 0 Å². The molecule has 1 aliphatic heterocycles. The third-order valence-corrected chi connectivity index (χ3v) is 5.42. The highest BCUT2D eigenvalue weighted by Gasteiger charge is 2.31. The molecule has 5 nitrogen and oxygen atoms in total. The minimum absolute atomic E-state index is 0.0954. The summed E-state index contributed by atoms with van der Waals surface area (Å²) in [7, 11) is 0. The van der Waals surface area contributed by atoms with Gasteiger partial charge in [0.25, 0.3) is 5.91 Å². The van der Waals surface area contributed by atoms with Crippen molar-refractivity contribution in [3.8, 4) is 5.69 Å². The van der Waals surface area contributed by atoms with Crippen LogP contribution in [0.1, 0.15) is 47.1 Å². The largest absolute Gasteiger partial charge is 0.332 e. The minimum atomic E-state index is 0.0954. The molecule has 0 saturated carbocycles. The smallest absolute Gasteiger partial charge is 0.274 e. The second-order valence-corrected chi connectivity index (χ2v) is 7.28. The molecular weight excluding hydrogens is 312 g/mol. The molecule has 132 valence electrons. The highest BCUT2D eigenvalue weighted by atomic mass is 16.2. The van der Waals surface area contributed by atoms with E-state index in [1.54, 1.807) is 0 Å². The molecule has 2 heterocycles. The van der Waals surface area contributed by atoms with Crippen LogP contribution >= 0.6 is 0 Å². The standard InChI is InChI=1S/C20H26N4O/c1-14-7-9-16(10-8-14)24-18-6-4-3-5-17(18)19(22-24)20(25)23-12-11-21-13-15(23)2/h7-10,15,21H,3-6,11-13H2,1-2H3/t15-/m1/s1. The molecule has 1 aliphatic carbocycles. The number of carbonyl (C=O) groups excluding carboxylic acids is 1. The number of nitrogens with zero attached hydrogens (tertiary/aromatic N) is 3. The number of benzene rings is 1. The Morgan fingerprint density at radius 1 is 1.20 bits per heavy atom. The van der Waals surface area contributed by atoms with Gasteiger partial charge in [-0.05, 0) is 51.7 Å². The predicted octanol–water partition coefficient (Wildman–Crippen LogP) is 2.49. The van der Waals surface area contributed by atoms with Gasteiger partial charge >= 0.3 is 0 Å². The van der Waals surface area contributed by atoms with Gasteiger partial charge in [-0.1, -0.05) is 17.7 Å². The van der Waals surface area contributed by atoms with Crippen molar-refractivity contribution >= 4 is 5.91 Å². The molecule has 1 atom stereocenters. The quantitative estimate of drug-likeness (QED) is 0.915. The zero-order valence-corrected chi connectivity index (χ0v) is 15.1. The summed E-state index contributed by atoms with van der Waals surface area (Å²) in [6.45, 7) is 6.66. The van der Waals surface area contributed by atoms with Crippen molar-refractivity contribution in [3.05, 3.63) is 46.8 Å². The highest BCUT2D eigenvalue weighted by Crippen LogP contribution is 2.28. The van der Waals surface area contributed by atoms with Crippen molar-refractivity contribution in [2.75, 3.05) is 19.6 Å².